The number of aromatic hydroxyl groups is 1. The lowest BCUT2D eigenvalue weighted by molar-refractivity contribution is 0.370. The molecule has 2 aromatic rings. The molecule has 2 aromatic carbocycles. The van der Waals surface area contributed by atoms with Gasteiger partial charge in [-0.1, -0.05) is 12.1 Å². The minimum absolute atomic E-state index is 0.142. The van der Waals surface area contributed by atoms with Crippen molar-refractivity contribution in [3.8, 4) is 28.7 Å². The number of phenolic OH excluding ortho intramolecular Hbond substituents is 1. The van der Waals surface area contributed by atoms with Crippen LogP contribution >= 0.6 is 11.8 Å². The van der Waals surface area contributed by atoms with Crippen LogP contribution in [0.15, 0.2) is 35.7 Å². The van der Waals surface area contributed by atoms with E-state index in [9.17, 15) is 5.11 Å². The molecular formula is C19H22O5S. The van der Waals surface area contributed by atoms with E-state index < -0.39 is 0 Å². The molecule has 2 rings (SSSR count). The van der Waals surface area contributed by atoms with Crippen LogP contribution in [0.25, 0.3) is 6.08 Å². The molecule has 0 spiro atoms. The zero-order chi connectivity index (χ0) is 18.2. The van der Waals surface area contributed by atoms with Crippen molar-refractivity contribution in [2.45, 2.75) is 5.75 Å². The highest BCUT2D eigenvalue weighted by molar-refractivity contribution is 8.01. The Morgan fingerprint density at radius 3 is 2.20 bits per heavy atom. The van der Waals surface area contributed by atoms with Crippen LogP contribution in [-0.2, 0) is 5.75 Å². The molecule has 25 heavy (non-hydrogen) atoms. The highest BCUT2D eigenvalue weighted by Gasteiger charge is 2.11. The molecule has 1 N–H and O–H groups in total. The van der Waals surface area contributed by atoms with Gasteiger partial charge in [-0.05, 0) is 17.6 Å². The topological polar surface area (TPSA) is 57.2 Å². The summed E-state index contributed by atoms with van der Waals surface area (Å²) in [6.07, 6.45) is 1.93. The summed E-state index contributed by atoms with van der Waals surface area (Å²) >= 11 is 1.57. The normalized spacial score (nSPS) is 10.7. The van der Waals surface area contributed by atoms with E-state index in [0.29, 0.717) is 28.8 Å². The second-order valence-corrected chi connectivity index (χ2v) is 5.92. The Kier molecular flexibility index (Phi) is 6.89. The molecule has 0 fully saturated rings. The van der Waals surface area contributed by atoms with Crippen LogP contribution in [0.3, 0.4) is 0 Å². The van der Waals surface area contributed by atoms with Crippen molar-refractivity contribution in [3.63, 3.8) is 0 Å². The summed E-state index contributed by atoms with van der Waals surface area (Å²) < 4.78 is 21.3. The van der Waals surface area contributed by atoms with Crippen LogP contribution in [0.4, 0.5) is 0 Å². The Hall–Kier alpha value is -2.47. The van der Waals surface area contributed by atoms with E-state index in [1.54, 1.807) is 52.3 Å². The number of rotatable bonds is 8. The van der Waals surface area contributed by atoms with Gasteiger partial charge < -0.3 is 24.1 Å². The van der Waals surface area contributed by atoms with Gasteiger partial charge in [-0.15, -0.1) is 11.8 Å². The van der Waals surface area contributed by atoms with Crippen LogP contribution in [-0.4, -0.2) is 33.5 Å². The minimum atomic E-state index is 0.142. The number of para-hydroxylation sites is 1. The third-order valence-electron chi connectivity index (χ3n) is 3.60. The van der Waals surface area contributed by atoms with Gasteiger partial charge in [0.25, 0.3) is 0 Å². The first-order valence-corrected chi connectivity index (χ1v) is 8.62. The summed E-state index contributed by atoms with van der Waals surface area (Å²) in [7, 11) is 6.36. The monoisotopic (exact) mass is 362 g/mol. The first kappa shape index (κ1) is 18.9. The Bertz CT molecular complexity index is 718. The maximum absolute atomic E-state index is 9.81. The number of thioether (sulfide) groups is 1. The largest absolute Gasteiger partial charge is 0.504 e. The summed E-state index contributed by atoms with van der Waals surface area (Å²) in [5.41, 5.74) is 1.76. The van der Waals surface area contributed by atoms with Gasteiger partial charge in [0.2, 0.25) is 0 Å². The lowest BCUT2D eigenvalue weighted by atomic mass is 10.1. The highest BCUT2D eigenvalue weighted by atomic mass is 32.2. The predicted molar refractivity (Wildman–Crippen MR) is 101 cm³/mol. The van der Waals surface area contributed by atoms with E-state index in [1.165, 1.54) is 0 Å². The number of ether oxygens (including phenoxy) is 4. The maximum atomic E-state index is 9.81. The Balaban J connectivity index is 2.16. The van der Waals surface area contributed by atoms with E-state index in [2.05, 4.69) is 0 Å². The van der Waals surface area contributed by atoms with E-state index in [-0.39, 0.29) is 5.75 Å². The van der Waals surface area contributed by atoms with E-state index in [0.717, 1.165) is 11.1 Å². The average Bonchev–Trinajstić information content (AvgIpc) is 2.64. The van der Waals surface area contributed by atoms with Crippen molar-refractivity contribution in [1.82, 2.24) is 0 Å². The van der Waals surface area contributed by atoms with Gasteiger partial charge in [0.1, 0.15) is 17.2 Å². The SMILES string of the molecule is COc1cc(OC)c(/C=C/SCc2cccc(O)c2OC)c(OC)c1. The van der Waals surface area contributed by atoms with Crippen LogP contribution in [0.1, 0.15) is 11.1 Å². The van der Waals surface area contributed by atoms with Crippen LogP contribution in [0.2, 0.25) is 0 Å². The zero-order valence-corrected chi connectivity index (χ0v) is 15.6. The quantitative estimate of drug-likeness (QED) is 0.754. The number of hydrogen-bond acceptors (Lipinski definition) is 6. The summed E-state index contributed by atoms with van der Waals surface area (Å²) in [5.74, 6) is 3.31. The van der Waals surface area contributed by atoms with Crippen LogP contribution in [0, 0.1) is 0 Å². The molecule has 0 radical (unpaired) electrons. The Morgan fingerprint density at radius 1 is 0.960 bits per heavy atom. The molecule has 0 unspecified atom stereocenters. The van der Waals surface area contributed by atoms with Gasteiger partial charge >= 0.3 is 0 Å². The lowest BCUT2D eigenvalue weighted by Gasteiger charge is -2.12. The van der Waals surface area contributed by atoms with Crippen LogP contribution < -0.4 is 18.9 Å². The number of methoxy groups -OCH3 is 4. The highest BCUT2D eigenvalue weighted by Crippen LogP contribution is 2.36. The van der Waals surface area contributed by atoms with Crippen molar-refractivity contribution in [2.24, 2.45) is 0 Å². The molecular weight excluding hydrogens is 340 g/mol. The fraction of sp³-hybridized carbons (Fsp3) is 0.263. The third-order valence-corrected chi connectivity index (χ3v) is 4.41. The standard InChI is InChI=1S/C19H22O5S/c1-21-14-10-17(22-2)15(18(11-14)23-3)8-9-25-12-13-6-5-7-16(20)19(13)24-4/h5-11,20H,12H2,1-4H3/b9-8+. The summed E-state index contributed by atoms with van der Waals surface area (Å²) in [4.78, 5) is 0. The van der Waals surface area contributed by atoms with E-state index in [4.69, 9.17) is 18.9 Å². The maximum Gasteiger partial charge on any atom is 0.164 e. The number of phenols is 1. The lowest BCUT2D eigenvalue weighted by Crippen LogP contribution is -1.94. The Morgan fingerprint density at radius 2 is 1.64 bits per heavy atom. The van der Waals surface area contributed by atoms with Gasteiger partial charge in [0.05, 0.1) is 34.0 Å². The molecule has 0 amide bonds. The van der Waals surface area contributed by atoms with Crippen molar-refractivity contribution >= 4 is 17.8 Å². The van der Waals surface area contributed by atoms with Gasteiger partial charge in [-0.3, -0.25) is 0 Å². The number of benzene rings is 2. The van der Waals surface area contributed by atoms with Crippen LogP contribution in [0.5, 0.6) is 28.7 Å². The molecule has 0 saturated heterocycles. The molecule has 0 atom stereocenters. The molecule has 0 bridgehead atoms. The molecule has 0 aromatic heterocycles. The third kappa shape index (κ3) is 4.54. The van der Waals surface area contributed by atoms with E-state index >= 15 is 0 Å². The molecule has 6 heteroatoms. The van der Waals surface area contributed by atoms with Gasteiger partial charge in [-0.25, -0.2) is 0 Å². The Labute approximate surface area is 152 Å². The summed E-state index contributed by atoms with van der Waals surface area (Å²) in [5, 5.41) is 11.8. The van der Waals surface area contributed by atoms with Gasteiger partial charge in [0, 0.05) is 23.4 Å². The van der Waals surface area contributed by atoms with Gasteiger partial charge in [0.15, 0.2) is 11.5 Å². The first-order valence-electron chi connectivity index (χ1n) is 7.57. The molecule has 0 aliphatic heterocycles. The average molecular weight is 362 g/mol. The number of hydrogen-bond donors (Lipinski definition) is 1. The van der Waals surface area contributed by atoms with Crippen molar-refractivity contribution in [1.29, 1.82) is 0 Å². The molecule has 0 saturated carbocycles. The summed E-state index contributed by atoms with van der Waals surface area (Å²) in [6.45, 7) is 0. The predicted octanol–water partition coefficient (Wildman–Crippen LogP) is 4.33. The fourth-order valence-electron chi connectivity index (χ4n) is 2.37. The molecule has 0 heterocycles. The van der Waals surface area contributed by atoms with Crippen molar-refractivity contribution in [3.05, 3.63) is 46.9 Å². The van der Waals surface area contributed by atoms with Gasteiger partial charge in [-0.2, -0.15) is 0 Å². The first-order chi connectivity index (χ1) is 12.1. The molecule has 0 aliphatic rings. The summed E-state index contributed by atoms with van der Waals surface area (Å²) in [6, 6.07) is 8.95. The fourth-order valence-corrected chi connectivity index (χ4v) is 3.11. The minimum Gasteiger partial charge on any atom is -0.504 e. The van der Waals surface area contributed by atoms with Crippen molar-refractivity contribution in [2.75, 3.05) is 28.4 Å². The zero-order valence-electron chi connectivity index (χ0n) is 14.7. The molecule has 134 valence electrons. The molecule has 5 nitrogen and oxygen atoms in total. The van der Waals surface area contributed by atoms with E-state index in [1.807, 2.05) is 29.7 Å². The van der Waals surface area contributed by atoms with Crippen molar-refractivity contribution < 1.29 is 24.1 Å². The molecule has 0 aliphatic carbocycles. The smallest absolute Gasteiger partial charge is 0.164 e. The second kappa shape index (κ2) is 9.13. The second-order valence-electron chi connectivity index (χ2n) is 5.03.